The van der Waals surface area contributed by atoms with Crippen molar-refractivity contribution < 1.29 is 27.9 Å². The minimum Gasteiger partial charge on any atom is -0.775 e. The van der Waals surface area contributed by atoms with Crippen LogP contribution < -0.4 is 4.89 Å². The molecule has 0 spiro atoms. The van der Waals surface area contributed by atoms with E-state index in [0.717, 1.165) is 12.2 Å². The number of likely N-dealkylation sites (N-methyl/N-ethyl adjacent to an activating group) is 1. The molecular weight excluding hydrogens is 461 g/mol. The molecule has 0 aliphatic carbocycles. The Kier molecular flexibility index (Phi) is 22.8. The molecule has 0 aliphatic heterocycles. The number of hydrogen-bond acceptors (Lipinski definition) is 5. The van der Waals surface area contributed by atoms with Crippen molar-refractivity contribution in [2.24, 2.45) is 0 Å². The van der Waals surface area contributed by atoms with Crippen molar-refractivity contribution in [3.05, 3.63) is 11.9 Å². The van der Waals surface area contributed by atoms with Gasteiger partial charge in [0, 0.05) is 13.7 Å². The van der Waals surface area contributed by atoms with Crippen molar-refractivity contribution in [3.63, 3.8) is 0 Å². The Morgan fingerprint density at radius 1 is 0.771 bits per heavy atom. The third kappa shape index (κ3) is 26.6. The number of unbranched alkanes of at least 4 members (excludes halogenated alkanes) is 15. The van der Waals surface area contributed by atoms with Crippen LogP contribution in [-0.4, -0.2) is 65.2 Å². The molecule has 0 aliphatic rings. The lowest BCUT2D eigenvalue weighted by Crippen LogP contribution is -2.37. The second-order valence-electron chi connectivity index (χ2n) is 10.9. The highest BCUT2D eigenvalue weighted by molar-refractivity contribution is 7.54. The van der Waals surface area contributed by atoms with Gasteiger partial charge in [0.05, 0.1) is 33.9 Å². The van der Waals surface area contributed by atoms with Crippen molar-refractivity contribution in [2.45, 2.75) is 116 Å². The van der Waals surface area contributed by atoms with Crippen molar-refractivity contribution >= 4 is 7.60 Å². The fourth-order valence-electron chi connectivity index (χ4n) is 3.84. The second kappa shape index (κ2) is 22.9. The quantitative estimate of drug-likeness (QED) is 0.0694. The van der Waals surface area contributed by atoms with E-state index in [1.807, 2.05) is 21.1 Å². The Balaban J connectivity index is 3.57. The Hall–Kier alpha value is -0.230. The van der Waals surface area contributed by atoms with Crippen LogP contribution in [0.2, 0.25) is 0 Å². The molecule has 2 atom stereocenters. The Morgan fingerprint density at radius 2 is 1.23 bits per heavy atom. The van der Waals surface area contributed by atoms with Gasteiger partial charge in [0.15, 0.2) is 7.60 Å². The van der Waals surface area contributed by atoms with Crippen LogP contribution >= 0.6 is 7.60 Å². The van der Waals surface area contributed by atoms with E-state index >= 15 is 0 Å². The van der Waals surface area contributed by atoms with Gasteiger partial charge in [-0.05, 0) is 18.3 Å². The first-order chi connectivity index (χ1) is 16.7. The van der Waals surface area contributed by atoms with Crippen LogP contribution in [0.1, 0.15) is 110 Å². The molecule has 7 heteroatoms. The summed E-state index contributed by atoms with van der Waals surface area (Å²) in [5.74, 6) is 1.11. The average molecular weight is 520 g/mol. The molecule has 0 aromatic carbocycles. The summed E-state index contributed by atoms with van der Waals surface area (Å²) >= 11 is 0. The normalized spacial score (nSPS) is 15.0. The largest absolute Gasteiger partial charge is 0.775 e. The topological polar surface area (TPSA) is 67.8 Å². The molecule has 0 bridgehead atoms. The molecule has 210 valence electrons. The van der Waals surface area contributed by atoms with E-state index in [1.165, 1.54) is 102 Å². The predicted octanol–water partition coefficient (Wildman–Crippen LogP) is 7.07. The van der Waals surface area contributed by atoms with E-state index in [9.17, 15) is 9.46 Å². The molecular formula is C28H58NO5P. The molecule has 0 aromatic heterocycles. The van der Waals surface area contributed by atoms with Gasteiger partial charge in [-0.25, -0.2) is 0 Å². The van der Waals surface area contributed by atoms with E-state index in [-0.39, 0.29) is 12.7 Å². The van der Waals surface area contributed by atoms with Crippen LogP contribution in [-0.2, 0) is 18.6 Å². The number of ether oxygens (including phenoxy) is 2. The highest BCUT2D eigenvalue weighted by atomic mass is 31.2. The molecule has 1 unspecified atom stereocenters. The van der Waals surface area contributed by atoms with Gasteiger partial charge in [-0.1, -0.05) is 103 Å². The summed E-state index contributed by atoms with van der Waals surface area (Å²) in [6.07, 6.45) is 22.7. The molecule has 0 saturated carbocycles. The molecule has 35 heavy (non-hydrogen) atoms. The van der Waals surface area contributed by atoms with Gasteiger partial charge in [0.2, 0.25) is 0 Å². The van der Waals surface area contributed by atoms with Crippen molar-refractivity contribution in [1.82, 2.24) is 0 Å². The van der Waals surface area contributed by atoms with Gasteiger partial charge in [-0.3, -0.25) is 0 Å². The van der Waals surface area contributed by atoms with Crippen molar-refractivity contribution in [3.8, 4) is 0 Å². The Morgan fingerprint density at radius 3 is 1.66 bits per heavy atom. The first-order valence-corrected chi connectivity index (χ1v) is 15.9. The van der Waals surface area contributed by atoms with Gasteiger partial charge < -0.3 is 27.9 Å². The van der Waals surface area contributed by atoms with Crippen LogP contribution in [0.4, 0.5) is 0 Å². The lowest BCUT2D eigenvalue weighted by Gasteiger charge is -2.26. The summed E-state index contributed by atoms with van der Waals surface area (Å²) in [5.41, 5.74) is 0. The Labute approximate surface area is 217 Å². The van der Waals surface area contributed by atoms with E-state index in [2.05, 4.69) is 6.92 Å². The molecule has 0 heterocycles. The lowest BCUT2D eigenvalue weighted by atomic mass is 10.0. The maximum atomic E-state index is 12.0. The van der Waals surface area contributed by atoms with Crippen LogP contribution in [0.3, 0.4) is 0 Å². The van der Waals surface area contributed by atoms with Crippen LogP contribution in [0.25, 0.3) is 0 Å². The number of rotatable bonds is 26. The zero-order chi connectivity index (χ0) is 26.3. The maximum Gasteiger partial charge on any atom is 0.157 e. The van der Waals surface area contributed by atoms with E-state index in [1.54, 1.807) is 7.11 Å². The highest BCUT2D eigenvalue weighted by Gasteiger charge is 2.11. The first-order valence-electron chi connectivity index (χ1n) is 14.3. The third-order valence-electron chi connectivity index (χ3n) is 6.24. The monoisotopic (exact) mass is 519 g/mol. The molecule has 0 saturated heterocycles. The summed E-state index contributed by atoms with van der Waals surface area (Å²) in [4.78, 5) is 12.0. The summed E-state index contributed by atoms with van der Waals surface area (Å²) in [7, 11) is 3.53. The number of methoxy groups -OCH3 is 1. The van der Waals surface area contributed by atoms with Crippen LogP contribution in [0, 0.1) is 0 Å². The lowest BCUT2D eigenvalue weighted by molar-refractivity contribution is -0.870. The first kappa shape index (κ1) is 34.8. The maximum absolute atomic E-state index is 12.0. The van der Waals surface area contributed by atoms with E-state index in [4.69, 9.17) is 14.0 Å². The van der Waals surface area contributed by atoms with Crippen LogP contribution in [0.15, 0.2) is 11.9 Å². The number of nitrogens with zero attached hydrogens (tertiary/aromatic N) is 1. The number of quaternary nitrogens is 1. The molecule has 0 amide bonds. The third-order valence-corrected chi connectivity index (χ3v) is 7.32. The van der Waals surface area contributed by atoms with Gasteiger partial charge >= 0.3 is 0 Å². The summed E-state index contributed by atoms with van der Waals surface area (Å²) in [6, 6.07) is 0. The van der Waals surface area contributed by atoms with Gasteiger partial charge in [-0.2, -0.15) is 0 Å². The van der Waals surface area contributed by atoms with Crippen LogP contribution in [0.5, 0.6) is 0 Å². The highest BCUT2D eigenvalue weighted by Crippen LogP contribution is 2.38. The molecule has 0 aromatic rings. The fraction of sp³-hybridized carbons (Fsp3) is 0.929. The molecule has 0 N–H and O–H groups in total. The van der Waals surface area contributed by atoms with Gasteiger partial charge in [-0.15, -0.1) is 0 Å². The van der Waals surface area contributed by atoms with E-state index in [0.29, 0.717) is 24.2 Å². The zero-order valence-corrected chi connectivity index (χ0v) is 24.7. The second-order valence-corrected chi connectivity index (χ2v) is 12.5. The van der Waals surface area contributed by atoms with Gasteiger partial charge in [0.1, 0.15) is 13.2 Å². The summed E-state index contributed by atoms with van der Waals surface area (Å²) in [5, 5.41) is 0. The summed E-state index contributed by atoms with van der Waals surface area (Å²) in [6.45, 7) is 4.10. The average Bonchev–Trinajstić information content (AvgIpc) is 2.79. The van der Waals surface area contributed by atoms with Gasteiger partial charge in [0.25, 0.3) is 0 Å². The minimum absolute atomic E-state index is 0.169. The fourth-order valence-corrected chi connectivity index (χ4v) is 4.67. The predicted molar refractivity (Wildman–Crippen MR) is 147 cm³/mol. The van der Waals surface area contributed by atoms with Crippen molar-refractivity contribution in [1.29, 1.82) is 0 Å². The number of hydrogen-bond donors (Lipinski definition) is 0. The molecule has 0 radical (unpaired) electrons. The summed E-state index contributed by atoms with van der Waals surface area (Å²) < 4.78 is 28.7. The minimum atomic E-state index is -4.00. The SMILES string of the molecule is CCCCCCCCCCCCCCCCCCOC[C@@H](/C=C/P(=O)([O-])OCC[N+](C)(C)C)OC. The van der Waals surface area contributed by atoms with Crippen molar-refractivity contribution in [2.75, 3.05) is 54.6 Å². The smallest absolute Gasteiger partial charge is 0.157 e. The molecule has 6 nitrogen and oxygen atoms in total. The zero-order valence-electron chi connectivity index (χ0n) is 23.8. The molecule has 0 fully saturated rings. The molecule has 0 rings (SSSR count). The van der Waals surface area contributed by atoms with E-state index < -0.39 is 7.60 Å². The standard InChI is InChI=1S/C28H58NO5P/c1-6-7-8-9-10-11-12-13-14-15-16-17-18-19-20-21-24-33-27-28(32-5)22-26-35(30,31)34-25-23-29(2,3)4/h22,26,28H,6-21,23-25,27H2,1-5H3/b26-22+/t28-/m1/s1. The Bertz CT molecular complexity index is 536.